The SMILES string of the molecule is CS(=O)(=O)O.Cc1cccc(C[C@@H]2C3CCc4c(ccc5c4OCO5)[C@@H]3CN2C)c1. The molecule has 1 fully saturated rings. The first-order valence-electron chi connectivity index (χ1n) is 10.3. The van der Waals surface area contributed by atoms with Crippen molar-refractivity contribution in [2.24, 2.45) is 5.92 Å². The second-order valence-corrected chi connectivity index (χ2v) is 10.1. The van der Waals surface area contributed by atoms with Crippen molar-refractivity contribution in [1.29, 1.82) is 0 Å². The van der Waals surface area contributed by atoms with Crippen LogP contribution in [-0.2, 0) is 23.0 Å². The Balaban J connectivity index is 0.000000393. The van der Waals surface area contributed by atoms with Crippen LogP contribution in [0.4, 0.5) is 0 Å². The molecule has 0 saturated carbocycles. The van der Waals surface area contributed by atoms with Gasteiger partial charge in [-0.05, 0) is 56.3 Å². The first-order valence-corrected chi connectivity index (χ1v) is 12.1. The number of likely N-dealkylation sites (tertiary alicyclic amines) is 1. The number of aryl methyl sites for hydroxylation is 1. The molecule has 0 radical (unpaired) electrons. The lowest BCUT2D eigenvalue weighted by molar-refractivity contribution is 0.172. The number of rotatable bonds is 2. The van der Waals surface area contributed by atoms with Gasteiger partial charge in [0.1, 0.15) is 0 Å². The van der Waals surface area contributed by atoms with Gasteiger partial charge in [0.25, 0.3) is 10.1 Å². The molecule has 2 aromatic rings. The van der Waals surface area contributed by atoms with Crippen LogP contribution in [-0.4, -0.2) is 50.6 Å². The number of fused-ring (bicyclic) bond motifs is 5. The van der Waals surface area contributed by atoms with Crippen molar-refractivity contribution in [3.8, 4) is 11.5 Å². The lowest BCUT2D eigenvalue weighted by Crippen LogP contribution is -2.32. The Kier molecular flexibility index (Phi) is 5.79. The summed E-state index contributed by atoms with van der Waals surface area (Å²) >= 11 is 0. The summed E-state index contributed by atoms with van der Waals surface area (Å²) in [5.41, 5.74) is 5.73. The minimum absolute atomic E-state index is 0.371. The van der Waals surface area contributed by atoms with E-state index in [1.54, 1.807) is 0 Å². The van der Waals surface area contributed by atoms with Crippen LogP contribution in [0.5, 0.6) is 11.5 Å². The first kappa shape index (κ1) is 21.2. The standard InChI is InChI=1S/C22H25NO2.CH4O3S/c1-14-4-3-5-15(10-14)11-20-17-6-7-18-16(19(17)12-23(20)2)8-9-21-22(18)25-13-24-21;1-5(2,3)4/h3-5,8-10,17,19-20H,6-7,11-13H2,1-2H3;1H3,(H,2,3,4)/t17?,19-,20+;/m0./s1. The Labute approximate surface area is 178 Å². The highest BCUT2D eigenvalue weighted by molar-refractivity contribution is 7.85. The summed E-state index contributed by atoms with van der Waals surface area (Å²) < 4.78 is 37.2. The Morgan fingerprint density at radius 1 is 1.20 bits per heavy atom. The Morgan fingerprint density at radius 3 is 2.70 bits per heavy atom. The van der Waals surface area contributed by atoms with Crippen molar-refractivity contribution >= 4 is 10.1 Å². The van der Waals surface area contributed by atoms with E-state index in [-0.39, 0.29) is 0 Å². The van der Waals surface area contributed by atoms with Gasteiger partial charge in [-0.1, -0.05) is 35.9 Å². The summed E-state index contributed by atoms with van der Waals surface area (Å²) in [7, 11) is -1.37. The summed E-state index contributed by atoms with van der Waals surface area (Å²) in [5, 5.41) is 0. The van der Waals surface area contributed by atoms with Crippen molar-refractivity contribution in [1.82, 2.24) is 4.90 Å². The van der Waals surface area contributed by atoms with E-state index in [1.165, 1.54) is 28.7 Å². The quantitative estimate of drug-likeness (QED) is 0.735. The summed E-state index contributed by atoms with van der Waals surface area (Å²) in [6, 6.07) is 14.0. The number of nitrogens with zero attached hydrogens (tertiary/aromatic N) is 1. The molecule has 2 aliphatic heterocycles. The van der Waals surface area contributed by atoms with Gasteiger partial charge in [0.2, 0.25) is 6.79 Å². The van der Waals surface area contributed by atoms with Crippen LogP contribution in [0, 0.1) is 12.8 Å². The third-order valence-electron chi connectivity index (χ3n) is 6.39. The fourth-order valence-corrected chi connectivity index (χ4v) is 5.25. The molecule has 0 amide bonds. The topological polar surface area (TPSA) is 76.1 Å². The largest absolute Gasteiger partial charge is 0.454 e. The van der Waals surface area contributed by atoms with Gasteiger partial charge in [0.15, 0.2) is 11.5 Å². The van der Waals surface area contributed by atoms with Crippen LogP contribution in [0.2, 0.25) is 0 Å². The summed E-state index contributed by atoms with van der Waals surface area (Å²) in [6.45, 7) is 3.70. The van der Waals surface area contributed by atoms with Gasteiger partial charge in [-0.25, -0.2) is 0 Å². The van der Waals surface area contributed by atoms with Crippen LogP contribution < -0.4 is 9.47 Å². The third-order valence-corrected chi connectivity index (χ3v) is 6.39. The molecule has 30 heavy (non-hydrogen) atoms. The highest BCUT2D eigenvalue weighted by atomic mass is 32.2. The summed E-state index contributed by atoms with van der Waals surface area (Å²) in [4.78, 5) is 2.58. The average molecular weight is 432 g/mol. The van der Waals surface area contributed by atoms with Crippen LogP contribution in [0.1, 0.15) is 34.6 Å². The van der Waals surface area contributed by atoms with Crippen LogP contribution >= 0.6 is 0 Å². The van der Waals surface area contributed by atoms with Crippen molar-refractivity contribution in [3.63, 3.8) is 0 Å². The molecule has 0 bridgehead atoms. The Hall–Kier alpha value is -2.09. The lowest BCUT2D eigenvalue weighted by Gasteiger charge is -2.32. The van der Waals surface area contributed by atoms with E-state index in [2.05, 4.69) is 55.3 Å². The van der Waals surface area contributed by atoms with E-state index in [4.69, 9.17) is 14.0 Å². The van der Waals surface area contributed by atoms with Gasteiger partial charge in [-0.2, -0.15) is 8.42 Å². The van der Waals surface area contributed by atoms with E-state index in [0.29, 0.717) is 25.0 Å². The van der Waals surface area contributed by atoms with Crippen molar-refractivity contribution in [2.75, 3.05) is 26.6 Å². The zero-order valence-electron chi connectivity index (χ0n) is 17.7. The number of ether oxygens (including phenoxy) is 2. The first-order chi connectivity index (χ1) is 14.2. The molecule has 1 aliphatic carbocycles. The molecule has 6 nitrogen and oxygen atoms in total. The maximum absolute atomic E-state index is 9.19. The molecule has 3 atom stereocenters. The average Bonchev–Trinajstić information content (AvgIpc) is 3.25. The second kappa shape index (κ2) is 8.21. The highest BCUT2D eigenvalue weighted by Gasteiger charge is 2.44. The van der Waals surface area contributed by atoms with Crippen molar-refractivity contribution < 1.29 is 22.4 Å². The summed E-state index contributed by atoms with van der Waals surface area (Å²) in [5.74, 6) is 3.30. The molecule has 1 N–H and O–H groups in total. The monoisotopic (exact) mass is 431 g/mol. The van der Waals surface area contributed by atoms with Crippen molar-refractivity contribution in [3.05, 3.63) is 58.7 Å². The van der Waals surface area contributed by atoms with Crippen molar-refractivity contribution in [2.45, 2.75) is 38.1 Å². The molecular formula is C23H29NO5S. The van der Waals surface area contributed by atoms with E-state index in [1.807, 2.05) is 0 Å². The minimum Gasteiger partial charge on any atom is -0.454 e. The van der Waals surface area contributed by atoms with E-state index in [0.717, 1.165) is 36.8 Å². The number of hydrogen-bond donors (Lipinski definition) is 1. The molecule has 0 aromatic heterocycles. The zero-order valence-corrected chi connectivity index (χ0v) is 18.5. The fraction of sp³-hybridized carbons (Fsp3) is 0.478. The van der Waals surface area contributed by atoms with Crippen LogP contribution in [0.3, 0.4) is 0 Å². The highest BCUT2D eigenvalue weighted by Crippen LogP contribution is 2.50. The van der Waals surface area contributed by atoms with E-state index >= 15 is 0 Å². The molecular weight excluding hydrogens is 402 g/mol. The normalized spacial score (nSPS) is 24.6. The fourth-order valence-electron chi connectivity index (χ4n) is 5.25. The lowest BCUT2D eigenvalue weighted by atomic mass is 9.73. The van der Waals surface area contributed by atoms with Gasteiger partial charge < -0.3 is 14.4 Å². The van der Waals surface area contributed by atoms with E-state index < -0.39 is 10.1 Å². The van der Waals surface area contributed by atoms with Gasteiger partial charge in [-0.3, -0.25) is 4.55 Å². The Bertz CT molecular complexity index is 1030. The number of benzene rings is 2. The molecule has 3 aliphatic rings. The second-order valence-electron chi connectivity index (χ2n) is 8.61. The van der Waals surface area contributed by atoms with Gasteiger partial charge in [-0.15, -0.1) is 0 Å². The number of likely N-dealkylation sites (N-methyl/N-ethyl adjacent to an activating group) is 1. The maximum atomic E-state index is 9.19. The third kappa shape index (κ3) is 4.48. The Morgan fingerprint density at radius 2 is 1.97 bits per heavy atom. The smallest absolute Gasteiger partial charge is 0.261 e. The molecule has 2 heterocycles. The van der Waals surface area contributed by atoms with Gasteiger partial charge >= 0.3 is 0 Å². The molecule has 7 heteroatoms. The molecule has 5 rings (SSSR count). The van der Waals surface area contributed by atoms with Gasteiger partial charge in [0.05, 0.1) is 6.26 Å². The molecule has 1 saturated heterocycles. The number of hydrogen-bond acceptors (Lipinski definition) is 5. The maximum Gasteiger partial charge on any atom is 0.261 e. The molecule has 0 spiro atoms. The van der Waals surface area contributed by atoms with E-state index in [9.17, 15) is 8.42 Å². The van der Waals surface area contributed by atoms with Gasteiger partial charge in [0, 0.05) is 24.1 Å². The molecule has 162 valence electrons. The van der Waals surface area contributed by atoms with Crippen LogP contribution in [0.15, 0.2) is 36.4 Å². The summed E-state index contributed by atoms with van der Waals surface area (Å²) in [6.07, 6.45) is 4.23. The molecule has 2 aromatic carbocycles. The van der Waals surface area contributed by atoms with Crippen LogP contribution in [0.25, 0.3) is 0 Å². The predicted octanol–water partition coefficient (Wildman–Crippen LogP) is 3.43. The molecule has 1 unspecified atom stereocenters. The minimum atomic E-state index is -3.67. The zero-order chi connectivity index (χ0) is 21.5. The predicted molar refractivity (Wildman–Crippen MR) is 116 cm³/mol.